The molecule has 21 heavy (non-hydrogen) atoms. The molecule has 0 spiro atoms. The Morgan fingerprint density at radius 3 is 3.05 bits per heavy atom. The number of nitrogens with zero attached hydrogens (tertiary/aromatic N) is 3. The summed E-state index contributed by atoms with van der Waals surface area (Å²) >= 11 is 0. The van der Waals surface area contributed by atoms with E-state index in [1.165, 1.54) is 5.56 Å². The third kappa shape index (κ3) is 2.12. The first-order chi connectivity index (χ1) is 10.3. The highest BCUT2D eigenvalue weighted by Gasteiger charge is 2.30. The molecule has 4 heteroatoms. The second-order valence-electron chi connectivity index (χ2n) is 5.65. The Morgan fingerprint density at radius 2 is 2.10 bits per heavy atom. The van der Waals surface area contributed by atoms with Crippen LogP contribution in [0.25, 0.3) is 11.0 Å². The number of hydrogen-bond donors (Lipinski definition) is 1. The van der Waals surface area contributed by atoms with Crippen LogP contribution in [0.3, 0.4) is 0 Å². The van der Waals surface area contributed by atoms with Gasteiger partial charge in [0.15, 0.2) is 0 Å². The summed E-state index contributed by atoms with van der Waals surface area (Å²) in [6, 6.07) is 12.1. The van der Waals surface area contributed by atoms with Crippen molar-refractivity contribution in [2.24, 2.45) is 0 Å². The molecule has 4 nitrogen and oxygen atoms in total. The van der Waals surface area contributed by atoms with Crippen LogP contribution in [-0.2, 0) is 13.0 Å². The lowest BCUT2D eigenvalue weighted by molar-refractivity contribution is 0.123. The van der Waals surface area contributed by atoms with Crippen LogP contribution in [-0.4, -0.2) is 25.7 Å². The zero-order chi connectivity index (χ0) is 14.2. The molecule has 4 rings (SSSR count). The summed E-state index contributed by atoms with van der Waals surface area (Å²) in [7, 11) is 0. The van der Waals surface area contributed by atoms with Gasteiger partial charge in [-0.2, -0.15) is 0 Å². The van der Waals surface area contributed by atoms with Crippen LogP contribution in [0.1, 0.15) is 23.6 Å². The van der Waals surface area contributed by atoms with Gasteiger partial charge in [-0.1, -0.05) is 18.2 Å². The molecule has 0 fully saturated rings. The van der Waals surface area contributed by atoms with E-state index in [1.807, 2.05) is 47.4 Å². The van der Waals surface area contributed by atoms with Gasteiger partial charge in [-0.15, -0.1) is 0 Å². The van der Waals surface area contributed by atoms with E-state index in [4.69, 9.17) is 0 Å². The smallest absolute Gasteiger partial charge is 0.0959 e. The minimum atomic E-state index is -0.432. The SMILES string of the molecule is OC(Cn1cnc2ccccc21)C1CCc2cccnc21. The molecule has 1 aliphatic rings. The monoisotopic (exact) mass is 279 g/mol. The van der Waals surface area contributed by atoms with E-state index in [0.29, 0.717) is 6.54 Å². The fraction of sp³-hybridized carbons (Fsp3) is 0.294. The summed E-state index contributed by atoms with van der Waals surface area (Å²) < 4.78 is 2.03. The molecule has 3 aromatic rings. The van der Waals surface area contributed by atoms with Gasteiger partial charge in [0, 0.05) is 17.8 Å². The lowest BCUT2D eigenvalue weighted by Gasteiger charge is -2.19. The molecule has 1 N–H and O–H groups in total. The minimum absolute atomic E-state index is 0.127. The van der Waals surface area contributed by atoms with E-state index in [9.17, 15) is 5.11 Å². The van der Waals surface area contributed by atoms with E-state index in [0.717, 1.165) is 29.6 Å². The number of benzene rings is 1. The van der Waals surface area contributed by atoms with Gasteiger partial charge in [0.2, 0.25) is 0 Å². The van der Waals surface area contributed by atoms with Crippen LogP contribution >= 0.6 is 0 Å². The molecular formula is C17H17N3O. The van der Waals surface area contributed by atoms with Crippen molar-refractivity contribution in [2.45, 2.75) is 31.4 Å². The van der Waals surface area contributed by atoms with E-state index in [1.54, 1.807) is 0 Å². The number of para-hydroxylation sites is 2. The lowest BCUT2D eigenvalue weighted by Crippen LogP contribution is -2.23. The van der Waals surface area contributed by atoms with Crippen LogP contribution < -0.4 is 0 Å². The molecule has 2 heterocycles. The zero-order valence-corrected chi connectivity index (χ0v) is 11.7. The molecule has 2 aromatic heterocycles. The van der Waals surface area contributed by atoms with Crippen molar-refractivity contribution in [3.05, 3.63) is 60.2 Å². The third-order valence-corrected chi connectivity index (χ3v) is 4.38. The van der Waals surface area contributed by atoms with E-state index in [-0.39, 0.29) is 5.92 Å². The minimum Gasteiger partial charge on any atom is -0.391 e. The predicted octanol–water partition coefficient (Wildman–Crippen LogP) is 2.52. The van der Waals surface area contributed by atoms with Gasteiger partial charge in [-0.25, -0.2) is 4.98 Å². The number of rotatable bonds is 3. The van der Waals surface area contributed by atoms with Crippen LogP contribution in [0, 0.1) is 0 Å². The number of fused-ring (bicyclic) bond motifs is 2. The van der Waals surface area contributed by atoms with Gasteiger partial charge in [-0.3, -0.25) is 4.98 Å². The Hall–Kier alpha value is -2.20. The Morgan fingerprint density at radius 1 is 1.19 bits per heavy atom. The fourth-order valence-corrected chi connectivity index (χ4v) is 3.30. The van der Waals surface area contributed by atoms with Crippen LogP contribution in [0.5, 0.6) is 0 Å². The maximum atomic E-state index is 10.6. The second-order valence-corrected chi connectivity index (χ2v) is 5.65. The summed E-state index contributed by atoms with van der Waals surface area (Å²) in [5.41, 5.74) is 4.37. The average molecular weight is 279 g/mol. The van der Waals surface area contributed by atoms with Gasteiger partial charge < -0.3 is 9.67 Å². The Kier molecular flexibility index (Phi) is 2.97. The van der Waals surface area contributed by atoms with Gasteiger partial charge in [0.25, 0.3) is 0 Å². The topological polar surface area (TPSA) is 50.9 Å². The van der Waals surface area contributed by atoms with Crippen molar-refractivity contribution < 1.29 is 5.11 Å². The lowest BCUT2D eigenvalue weighted by atomic mass is 9.99. The van der Waals surface area contributed by atoms with E-state index < -0.39 is 6.10 Å². The summed E-state index contributed by atoms with van der Waals surface area (Å²) in [6.45, 7) is 0.557. The summed E-state index contributed by atoms with van der Waals surface area (Å²) in [5, 5.41) is 10.6. The standard InChI is InChI=1S/C17H17N3O/c21-16(13-8-7-12-4-3-9-18-17(12)13)10-20-11-19-14-5-1-2-6-15(14)20/h1-6,9,11,13,16,21H,7-8,10H2. The zero-order valence-electron chi connectivity index (χ0n) is 11.7. The van der Waals surface area contributed by atoms with Crippen LogP contribution in [0.2, 0.25) is 0 Å². The molecule has 2 unspecified atom stereocenters. The first-order valence-electron chi connectivity index (χ1n) is 7.34. The van der Waals surface area contributed by atoms with Gasteiger partial charge in [0.05, 0.1) is 30.0 Å². The largest absolute Gasteiger partial charge is 0.391 e. The molecule has 1 aliphatic carbocycles. The van der Waals surface area contributed by atoms with Crippen molar-refractivity contribution in [2.75, 3.05) is 0 Å². The highest BCUT2D eigenvalue weighted by Crippen LogP contribution is 2.34. The Balaban J connectivity index is 1.61. The molecule has 0 radical (unpaired) electrons. The molecule has 0 saturated carbocycles. The van der Waals surface area contributed by atoms with Gasteiger partial charge >= 0.3 is 0 Å². The molecule has 2 atom stereocenters. The van der Waals surface area contributed by atoms with Crippen molar-refractivity contribution in [3.63, 3.8) is 0 Å². The number of aliphatic hydroxyl groups is 1. The number of hydrogen-bond acceptors (Lipinski definition) is 3. The van der Waals surface area contributed by atoms with Gasteiger partial charge in [0.1, 0.15) is 0 Å². The van der Waals surface area contributed by atoms with Crippen molar-refractivity contribution >= 4 is 11.0 Å². The fourth-order valence-electron chi connectivity index (χ4n) is 3.30. The van der Waals surface area contributed by atoms with Crippen molar-refractivity contribution in [1.82, 2.24) is 14.5 Å². The number of aryl methyl sites for hydroxylation is 1. The molecule has 0 bridgehead atoms. The number of aromatic nitrogens is 3. The molecule has 106 valence electrons. The third-order valence-electron chi connectivity index (χ3n) is 4.38. The molecule has 1 aromatic carbocycles. The number of pyridine rings is 1. The number of aliphatic hydroxyl groups excluding tert-OH is 1. The molecule has 0 amide bonds. The maximum Gasteiger partial charge on any atom is 0.0959 e. The van der Waals surface area contributed by atoms with Crippen molar-refractivity contribution in [3.8, 4) is 0 Å². The maximum absolute atomic E-state index is 10.6. The molecule has 0 aliphatic heterocycles. The van der Waals surface area contributed by atoms with Gasteiger partial charge in [-0.05, 0) is 36.6 Å². The summed E-state index contributed by atoms with van der Waals surface area (Å²) in [4.78, 5) is 8.85. The normalized spacial score (nSPS) is 18.8. The molecular weight excluding hydrogens is 262 g/mol. The van der Waals surface area contributed by atoms with E-state index >= 15 is 0 Å². The summed E-state index contributed by atoms with van der Waals surface area (Å²) in [5.74, 6) is 0.127. The Labute approximate surface area is 123 Å². The van der Waals surface area contributed by atoms with Crippen LogP contribution in [0.15, 0.2) is 48.9 Å². The highest BCUT2D eigenvalue weighted by molar-refractivity contribution is 5.74. The summed E-state index contributed by atoms with van der Waals surface area (Å²) in [6.07, 6.45) is 5.17. The van der Waals surface area contributed by atoms with Crippen LogP contribution in [0.4, 0.5) is 0 Å². The predicted molar refractivity (Wildman–Crippen MR) is 81.0 cm³/mol. The first-order valence-corrected chi connectivity index (χ1v) is 7.34. The molecule has 0 saturated heterocycles. The first kappa shape index (κ1) is 12.5. The van der Waals surface area contributed by atoms with Crippen molar-refractivity contribution in [1.29, 1.82) is 0 Å². The van der Waals surface area contributed by atoms with E-state index in [2.05, 4.69) is 16.0 Å². The highest BCUT2D eigenvalue weighted by atomic mass is 16.3. The second kappa shape index (κ2) is 4.97. The Bertz CT molecular complexity index is 780. The number of imidazole rings is 1. The quantitative estimate of drug-likeness (QED) is 0.801. The average Bonchev–Trinajstić information content (AvgIpc) is 3.12.